The van der Waals surface area contributed by atoms with Crippen LogP contribution in [0, 0.1) is 0 Å². The van der Waals surface area contributed by atoms with Gasteiger partial charge < -0.3 is 4.90 Å². The molecule has 0 aromatic heterocycles. The molecule has 5 heteroatoms. The van der Waals surface area contributed by atoms with Crippen molar-refractivity contribution < 1.29 is 0 Å². The van der Waals surface area contributed by atoms with E-state index in [0.29, 0.717) is 0 Å². The molecule has 0 aliphatic carbocycles. The van der Waals surface area contributed by atoms with E-state index in [1.807, 2.05) is 35.3 Å². The van der Waals surface area contributed by atoms with Crippen molar-refractivity contribution in [2.24, 2.45) is 0 Å². The van der Waals surface area contributed by atoms with Gasteiger partial charge in [-0.15, -0.1) is 0 Å². The minimum atomic E-state index is 1.15. The summed E-state index contributed by atoms with van der Waals surface area (Å²) >= 11 is 9.34. The summed E-state index contributed by atoms with van der Waals surface area (Å²) in [5.74, 6) is 0. The van der Waals surface area contributed by atoms with E-state index in [4.69, 9.17) is 0 Å². The second kappa shape index (κ2) is 4.54. The van der Waals surface area contributed by atoms with E-state index >= 15 is 0 Å². The van der Waals surface area contributed by atoms with Crippen LogP contribution in [0.1, 0.15) is 0 Å². The third kappa shape index (κ3) is 1.69. The Kier molecular flexibility index (Phi) is 2.62. The van der Waals surface area contributed by atoms with Gasteiger partial charge in [0.15, 0.2) is 0 Å². The van der Waals surface area contributed by atoms with Gasteiger partial charge in [0, 0.05) is 33.8 Å². The third-order valence-corrected chi connectivity index (χ3v) is 7.98. The predicted octanol–water partition coefficient (Wildman–Crippen LogP) is 7.31. The molecule has 1 nitrogen and oxygen atoms in total. The molecule has 23 heavy (non-hydrogen) atoms. The van der Waals surface area contributed by atoms with Gasteiger partial charge in [-0.2, -0.15) is 0 Å². The number of hydrogen-bond donors (Lipinski definition) is 0. The van der Waals surface area contributed by atoms with Crippen molar-refractivity contribution in [3.63, 3.8) is 0 Å². The minimum absolute atomic E-state index is 1.15. The summed E-state index contributed by atoms with van der Waals surface area (Å²) in [5.41, 5.74) is 4.07. The van der Waals surface area contributed by atoms with Gasteiger partial charge in [0.05, 0.1) is 17.1 Å². The fraction of sp³-hybridized carbons (Fsp3) is 0. The Bertz CT molecular complexity index is 954. The molecule has 0 radical (unpaired) electrons. The molecule has 0 amide bonds. The molecule has 3 aliphatic rings. The van der Waals surface area contributed by atoms with E-state index in [0.717, 1.165) is 4.47 Å². The van der Waals surface area contributed by atoms with Gasteiger partial charge in [0.25, 0.3) is 0 Å². The number of benzene rings is 3. The van der Waals surface area contributed by atoms with Crippen LogP contribution in [0.15, 0.2) is 82.4 Å². The summed E-state index contributed by atoms with van der Waals surface area (Å²) in [5, 5.41) is 0. The summed E-state index contributed by atoms with van der Waals surface area (Å²) in [6, 6.07) is 17.8. The number of halogens is 1. The van der Waals surface area contributed by atoms with Crippen LogP contribution in [0.25, 0.3) is 0 Å². The van der Waals surface area contributed by atoms with Crippen molar-refractivity contribution in [3.05, 3.63) is 53.0 Å². The molecular formula is C18H8BrNS3. The van der Waals surface area contributed by atoms with E-state index in [1.165, 1.54) is 46.4 Å². The van der Waals surface area contributed by atoms with Crippen molar-refractivity contribution in [2.45, 2.75) is 29.4 Å². The summed E-state index contributed by atoms with van der Waals surface area (Å²) in [6.07, 6.45) is 0. The SMILES string of the molecule is Brc1cc2c3c(c1)Sc1cccc4c1N3c1c(cccc1S2)S4. The Morgan fingerprint density at radius 3 is 1.48 bits per heavy atom. The van der Waals surface area contributed by atoms with Crippen LogP contribution in [-0.2, 0) is 0 Å². The zero-order chi connectivity index (χ0) is 15.1. The average molecular weight is 414 g/mol. The summed E-state index contributed by atoms with van der Waals surface area (Å²) in [7, 11) is 0. The van der Waals surface area contributed by atoms with Crippen LogP contribution < -0.4 is 4.90 Å². The maximum Gasteiger partial charge on any atom is 0.0743 e. The topological polar surface area (TPSA) is 3.24 Å². The zero-order valence-electron chi connectivity index (χ0n) is 11.7. The number of para-hydroxylation sites is 2. The van der Waals surface area contributed by atoms with Gasteiger partial charge in [-0.25, -0.2) is 0 Å². The Balaban J connectivity index is 1.79. The second-order valence-electron chi connectivity index (χ2n) is 5.60. The maximum atomic E-state index is 3.68. The molecule has 3 heterocycles. The first kappa shape index (κ1) is 13.3. The Hall–Kier alpha value is -1.01. The molecule has 0 spiro atoms. The predicted molar refractivity (Wildman–Crippen MR) is 101 cm³/mol. The van der Waals surface area contributed by atoms with Crippen LogP contribution >= 0.6 is 51.2 Å². The number of rotatable bonds is 0. The van der Waals surface area contributed by atoms with Gasteiger partial charge in [-0.05, 0) is 36.4 Å². The van der Waals surface area contributed by atoms with Gasteiger partial charge in [-0.1, -0.05) is 63.3 Å². The molecule has 3 aromatic rings. The molecule has 0 bridgehead atoms. The lowest BCUT2D eigenvalue weighted by molar-refractivity contribution is 1.02. The molecule has 0 fully saturated rings. The normalized spacial score (nSPS) is 15.4. The first-order valence-electron chi connectivity index (χ1n) is 7.23. The smallest absolute Gasteiger partial charge is 0.0743 e. The zero-order valence-corrected chi connectivity index (χ0v) is 15.7. The summed E-state index contributed by atoms with van der Waals surface area (Å²) in [6.45, 7) is 0. The lowest BCUT2D eigenvalue weighted by atomic mass is 10.1. The van der Waals surface area contributed by atoms with Crippen molar-refractivity contribution in [1.29, 1.82) is 0 Å². The molecule has 3 aliphatic heterocycles. The van der Waals surface area contributed by atoms with Crippen LogP contribution in [0.3, 0.4) is 0 Å². The fourth-order valence-corrected chi connectivity index (χ4v) is 7.80. The highest BCUT2D eigenvalue weighted by Crippen LogP contribution is 2.66. The molecule has 0 atom stereocenters. The van der Waals surface area contributed by atoms with Crippen molar-refractivity contribution in [1.82, 2.24) is 0 Å². The van der Waals surface area contributed by atoms with E-state index < -0.39 is 0 Å². The molecule has 110 valence electrons. The lowest BCUT2D eigenvalue weighted by Gasteiger charge is -2.42. The monoisotopic (exact) mass is 413 g/mol. The summed E-state index contributed by atoms with van der Waals surface area (Å²) in [4.78, 5) is 10.6. The molecule has 0 N–H and O–H groups in total. The molecule has 3 aromatic carbocycles. The highest BCUT2D eigenvalue weighted by atomic mass is 79.9. The van der Waals surface area contributed by atoms with Gasteiger partial charge in [-0.3, -0.25) is 0 Å². The first-order chi connectivity index (χ1) is 11.3. The standard InChI is InChI=1S/C18H8BrNS3/c19-9-7-14-18-15(8-9)23-13-6-2-4-11-17(13)20(18)16-10(21-11)3-1-5-12(16)22-14/h1-8H. The van der Waals surface area contributed by atoms with E-state index in [2.05, 4.69) is 69.4 Å². The molecule has 0 saturated heterocycles. The van der Waals surface area contributed by atoms with Crippen LogP contribution in [0.5, 0.6) is 0 Å². The Morgan fingerprint density at radius 1 is 0.609 bits per heavy atom. The Morgan fingerprint density at radius 2 is 1.00 bits per heavy atom. The molecule has 0 unspecified atom stereocenters. The second-order valence-corrected chi connectivity index (χ2v) is 9.77. The van der Waals surface area contributed by atoms with E-state index in [1.54, 1.807) is 0 Å². The van der Waals surface area contributed by atoms with Crippen molar-refractivity contribution >= 4 is 68.3 Å². The van der Waals surface area contributed by atoms with Crippen LogP contribution in [0.2, 0.25) is 0 Å². The van der Waals surface area contributed by atoms with Gasteiger partial charge in [0.2, 0.25) is 0 Å². The van der Waals surface area contributed by atoms with Crippen LogP contribution in [-0.4, -0.2) is 0 Å². The number of anilines is 3. The molecule has 0 saturated carbocycles. The van der Waals surface area contributed by atoms with Gasteiger partial charge >= 0.3 is 0 Å². The van der Waals surface area contributed by atoms with E-state index in [9.17, 15) is 0 Å². The summed E-state index contributed by atoms with van der Waals surface area (Å²) < 4.78 is 1.15. The van der Waals surface area contributed by atoms with Crippen molar-refractivity contribution in [3.8, 4) is 0 Å². The quantitative estimate of drug-likeness (QED) is 0.256. The largest absolute Gasteiger partial charge is 0.304 e. The highest BCUT2D eigenvalue weighted by Gasteiger charge is 2.38. The first-order valence-corrected chi connectivity index (χ1v) is 10.5. The molecular weight excluding hydrogens is 406 g/mol. The minimum Gasteiger partial charge on any atom is -0.304 e. The van der Waals surface area contributed by atoms with Crippen LogP contribution in [0.4, 0.5) is 17.1 Å². The highest BCUT2D eigenvalue weighted by molar-refractivity contribution is 9.10. The number of nitrogens with zero attached hydrogens (tertiary/aromatic N) is 1. The third-order valence-electron chi connectivity index (χ3n) is 4.26. The lowest BCUT2D eigenvalue weighted by Crippen LogP contribution is -2.22. The Labute approximate surface area is 155 Å². The fourth-order valence-electron chi connectivity index (χ4n) is 3.39. The average Bonchev–Trinajstić information content (AvgIpc) is 2.54. The van der Waals surface area contributed by atoms with Crippen molar-refractivity contribution in [2.75, 3.05) is 4.90 Å². The number of hydrogen-bond acceptors (Lipinski definition) is 4. The maximum absolute atomic E-state index is 3.68. The molecule has 6 rings (SSSR count). The van der Waals surface area contributed by atoms with Gasteiger partial charge in [0.1, 0.15) is 0 Å². The van der Waals surface area contributed by atoms with E-state index in [-0.39, 0.29) is 0 Å².